The number of anilines is 1. The minimum absolute atomic E-state index is 0.619. The second-order valence-electron chi connectivity index (χ2n) is 7.89. The zero-order valence-corrected chi connectivity index (χ0v) is 18.2. The third-order valence-electron chi connectivity index (χ3n) is 5.37. The molecule has 5 aromatic heterocycles. The van der Waals surface area contributed by atoms with E-state index in [0.29, 0.717) is 6.54 Å². The molecule has 0 aromatic carbocycles. The molecule has 5 heterocycles. The Hall–Kier alpha value is -4.13. The first-order valence-electron chi connectivity index (χ1n) is 10.5. The predicted molar refractivity (Wildman–Crippen MR) is 125 cm³/mol. The van der Waals surface area contributed by atoms with Crippen molar-refractivity contribution in [3.05, 3.63) is 90.0 Å². The van der Waals surface area contributed by atoms with E-state index in [1.54, 1.807) is 12.5 Å². The van der Waals surface area contributed by atoms with Crippen LogP contribution in [-0.4, -0.2) is 29.3 Å². The summed E-state index contributed by atoms with van der Waals surface area (Å²) in [7, 11) is 0. The van der Waals surface area contributed by atoms with Crippen LogP contribution in [0.3, 0.4) is 0 Å². The van der Waals surface area contributed by atoms with Gasteiger partial charge in [-0.1, -0.05) is 6.07 Å². The van der Waals surface area contributed by atoms with Crippen molar-refractivity contribution in [3.63, 3.8) is 0 Å². The minimum atomic E-state index is 0.619. The van der Waals surface area contributed by atoms with Gasteiger partial charge >= 0.3 is 0 Å². The number of imidazole rings is 1. The molecule has 5 rings (SSSR count). The van der Waals surface area contributed by atoms with E-state index >= 15 is 0 Å². The van der Waals surface area contributed by atoms with E-state index in [2.05, 4.69) is 44.3 Å². The molecule has 7 nitrogen and oxygen atoms in total. The lowest BCUT2D eigenvalue weighted by Crippen LogP contribution is -2.05. The Balaban J connectivity index is 1.34. The van der Waals surface area contributed by atoms with Crippen LogP contribution >= 0.6 is 0 Å². The van der Waals surface area contributed by atoms with Gasteiger partial charge in [0.15, 0.2) is 0 Å². The van der Waals surface area contributed by atoms with Crippen LogP contribution in [-0.2, 0) is 6.54 Å². The number of hydrogen-bond acceptors (Lipinski definition) is 6. The van der Waals surface area contributed by atoms with E-state index in [1.807, 2.05) is 61.1 Å². The Labute approximate surface area is 186 Å². The van der Waals surface area contributed by atoms with Gasteiger partial charge in [-0.05, 0) is 62.2 Å². The lowest BCUT2D eigenvalue weighted by Gasteiger charge is -2.10. The summed E-state index contributed by atoms with van der Waals surface area (Å²) in [6.45, 7) is 6.67. The van der Waals surface area contributed by atoms with Gasteiger partial charge in [0.1, 0.15) is 6.33 Å². The maximum atomic E-state index is 4.69. The van der Waals surface area contributed by atoms with Crippen molar-refractivity contribution in [3.8, 4) is 22.5 Å². The molecule has 0 fully saturated rings. The molecule has 0 unspecified atom stereocenters. The van der Waals surface area contributed by atoms with Crippen LogP contribution in [0.15, 0.2) is 67.5 Å². The molecule has 0 saturated carbocycles. The average Bonchev–Trinajstić information content (AvgIpc) is 3.20. The quantitative estimate of drug-likeness (QED) is 0.440. The smallest absolute Gasteiger partial charge is 0.209 e. The predicted octanol–water partition coefficient (Wildman–Crippen LogP) is 4.79. The van der Waals surface area contributed by atoms with Crippen molar-refractivity contribution in [2.75, 3.05) is 5.32 Å². The van der Waals surface area contributed by atoms with Crippen molar-refractivity contribution in [1.82, 2.24) is 29.3 Å². The van der Waals surface area contributed by atoms with Crippen molar-refractivity contribution in [2.45, 2.75) is 27.3 Å². The second-order valence-corrected chi connectivity index (χ2v) is 7.89. The molecular formula is C25H23N7. The monoisotopic (exact) mass is 421 g/mol. The number of aromatic nitrogens is 6. The van der Waals surface area contributed by atoms with Crippen LogP contribution in [0.1, 0.15) is 22.5 Å². The Morgan fingerprint density at radius 1 is 0.781 bits per heavy atom. The van der Waals surface area contributed by atoms with E-state index in [9.17, 15) is 0 Å². The molecule has 0 bridgehead atoms. The highest BCUT2D eigenvalue weighted by molar-refractivity contribution is 5.66. The Morgan fingerprint density at radius 3 is 2.28 bits per heavy atom. The molecule has 1 N–H and O–H groups in total. The molecule has 32 heavy (non-hydrogen) atoms. The summed E-state index contributed by atoms with van der Waals surface area (Å²) in [4.78, 5) is 22.4. The zero-order valence-electron chi connectivity index (χ0n) is 18.2. The van der Waals surface area contributed by atoms with Crippen molar-refractivity contribution >= 4 is 11.5 Å². The largest absolute Gasteiger partial charge is 0.351 e. The molecular weight excluding hydrogens is 398 g/mol. The summed E-state index contributed by atoms with van der Waals surface area (Å²) in [5.74, 6) is 0.747. The van der Waals surface area contributed by atoms with E-state index in [0.717, 1.165) is 56.5 Å². The minimum Gasteiger partial charge on any atom is -0.351 e. The Morgan fingerprint density at radius 2 is 1.53 bits per heavy atom. The summed E-state index contributed by atoms with van der Waals surface area (Å²) in [5.41, 5.74) is 9.15. The van der Waals surface area contributed by atoms with Crippen molar-refractivity contribution < 1.29 is 0 Å². The first-order valence-corrected chi connectivity index (χ1v) is 10.5. The number of rotatable bonds is 5. The van der Waals surface area contributed by atoms with Gasteiger partial charge in [0.25, 0.3) is 0 Å². The highest BCUT2D eigenvalue weighted by Gasteiger charge is 2.09. The normalized spacial score (nSPS) is 11.1. The van der Waals surface area contributed by atoms with Crippen molar-refractivity contribution in [2.24, 2.45) is 0 Å². The first-order chi connectivity index (χ1) is 15.6. The fourth-order valence-electron chi connectivity index (χ4n) is 3.80. The van der Waals surface area contributed by atoms with Crippen LogP contribution in [0.4, 0.5) is 5.95 Å². The van der Waals surface area contributed by atoms with Crippen LogP contribution in [0.5, 0.6) is 0 Å². The molecule has 0 radical (unpaired) electrons. The van der Waals surface area contributed by atoms with Crippen LogP contribution < -0.4 is 5.32 Å². The standard InChI is InChI=1S/C25H23N7/c1-16-8-19(12-28-24(16)21-5-7-27-18(3)10-21)13-29-25-30-14-22-11-23(31-15-32(22)25)20-4-6-26-17(2)9-20/h4-12,14-15H,13H2,1-3H3,(H,29,30). The maximum absolute atomic E-state index is 4.69. The second kappa shape index (κ2) is 8.19. The Kier molecular flexibility index (Phi) is 5.07. The lowest BCUT2D eigenvalue weighted by atomic mass is 10.1. The number of fused-ring (bicyclic) bond motifs is 1. The number of pyridine rings is 3. The van der Waals surface area contributed by atoms with Crippen molar-refractivity contribution in [1.29, 1.82) is 0 Å². The molecule has 158 valence electrons. The first kappa shape index (κ1) is 19.8. The van der Waals surface area contributed by atoms with E-state index < -0.39 is 0 Å². The Bertz CT molecular complexity index is 1420. The molecule has 0 spiro atoms. The van der Waals surface area contributed by atoms with Gasteiger partial charge in [-0.2, -0.15) is 0 Å². The fourth-order valence-corrected chi connectivity index (χ4v) is 3.80. The molecule has 0 aliphatic heterocycles. The topological polar surface area (TPSA) is 80.9 Å². The summed E-state index contributed by atoms with van der Waals surface area (Å²) in [6, 6.07) is 12.2. The summed E-state index contributed by atoms with van der Waals surface area (Å²) >= 11 is 0. The SMILES string of the molecule is Cc1cc(-c2cc3cnc(NCc4cnc(-c5ccnc(C)c5)c(C)c4)n3cn2)ccn1. The van der Waals surface area contributed by atoms with E-state index in [-0.39, 0.29) is 0 Å². The molecule has 5 aromatic rings. The van der Waals surface area contributed by atoms with Crippen LogP contribution in [0.25, 0.3) is 28.0 Å². The van der Waals surface area contributed by atoms with Gasteiger partial charge < -0.3 is 5.32 Å². The maximum Gasteiger partial charge on any atom is 0.209 e. The van der Waals surface area contributed by atoms with Gasteiger partial charge in [-0.3, -0.25) is 19.4 Å². The van der Waals surface area contributed by atoms with Crippen LogP contribution in [0.2, 0.25) is 0 Å². The van der Waals surface area contributed by atoms with Gasteiger partial charge in [-0.25, -0.2) is 9.97 Å². The molecule has 0 aliphatic rings. The number of nitrogens with zero attached hydrogens (tertiary/aromatic N) is 6. The number of aryl methyl sites for hydroxylation is 3. The fraction of sp³-hybridized carbons (Fsp3) is 0.160. The third kappa shape index (κ3) is 3.92. The van der Waals surface area contributed by atoms with Gasteiger partial charge in [-0.15, -0.1) is 0 Å². The molecule has 0 amide bonds. The molecule has 0 atom stereocenters. The zero-order chi connectivity index (χ0) is 22.1. The van der Waals surface area contributed by atoms with E-state index in [4.69, 9.17) is 4.98 Å². The van der Waals surface area contributed by atoms with Gasteiger partial charge in [0.05, 0.1) is 23.1 Å². The molecule has 7 heteroatoms. The number of hydrogen-bond donors (Lipinski definition) is 1. The third-order valence-corrected chi connectivity index (χ3v) is 5.37. The van der Waals surface area contributed by atoms with Gasteiger partial charge in [0, 0.05) is 47.7 Å². The van der Waals surface area contributed by atoms with Crippen LogP contribution in [0, 0.1) is 20.8 Å². The average molecular weight is 422 g/mol. The lowest BCUT2D eigenvalue weighted by molar-refractivity contribution is 1.01. The molecule has 0 aliphatic carbocycles. The van der Waals surface area contributed by atoms with Gasteiger partial charge in [0.2, 0.25) is 5.95 Å². The summed E-state index contributed by atoms with van der Waals surface area (Å²) in [5, 5.41) is 3.40. The summed E-state index contributed by atoms with van der Waals surface area (Å²) in [6.07, 6.45) is 9.17. The summed E-state index contributed by atoms with van der Waals surface area (Å²) < 4.78 is 1.95. The highest BCUT2D eigenvalue weighted by Crippen LogP contribution is 2.23. The molecule has 0 saturated heterocycles. The number of nitrogens with one attached hydrogen (secondary N) is 1. The highest BCUT2D eigenvalue weighted by atomic mass is 15.2. The van der Waals surface area contributed by atoms with E-state index in [1.165, 1.54) is 0 Å².